The summed E-state index contributed by atoms with van der Waals surface area (Å²) in [6, 6.07) is 6.15. The molecule has 0 radical (unpaired) electrons. The number of fused-ring (bicyclic) bond motifs is 1. The second kappa shape index (κ2) is 8.38. The van der Waals surface area contributed by atoms with Crippen molar-refractivity contribution in [3.8, 4) is 11.5 Å². The summed E-state index contributed by atoms with van der Waals surface area (Å²) in [7, 11) is 0. The minimum atomic E-state index is -0.739. The molecule has 1 N–H and O–H groups in total. The van der Waals surface area contributed by atoms with E-state index in [9.17, 15) is 14.0 Å². The van der Waals surface area contributed by atoms with Gasteiger partial charge in [-0.05, 0) is 31.4 Å². The van der Waals surface area contributed by atoms with Gasteiger partial charge in [0.15, 0.2) is 23.0 Å². The van der Waals surface area contributed by atoms with Gasteiger partial charge >= 0.3 is 6.09 Å². The second-order valence-electron chi connectivity index (χ2n) is 6.65. The third-order valence-electron chi connectivity index (χ3n) is 4.76. The lowest BCUT2D eigenvalue weighted by molar-refractivity contribution is 0.0616. The molecule has 2 amide bonds. The van der Waals surface area contributed by atoms with Crippen LogP contribution in [0.25, 0.3) is 0 Å². The Morgan fingerprint density at radius 3 is 2.97 bits per heavy atom. The van der Waals surface area contributed by atoms with E-state index in [1.54, 1.807) is 18.2 Å². The number of amides is 2. The van der Waals surface area contributed by atoms with Gasteiger partial charge in [0.1, 0.15) is 13.3 Å². The van der Waals surface area contributed by atoms with Crippen LogP contribution in [0.3, 0.4) is 0 Å². The van der Waals surface area contributed by atoms with Crippen LogP contribution < -0.4 is 14.8 Å². The van der Waals surface area contributed by atoms with Gasteiger partial charge in [-0.3, -0.25) is 9.69 Å². The highest BCUT2D eigenvalue weighted by Gasteiger charge is 2.32. The van der Waals surface area contributed by atoms with Crippen LogP contribution >= 0.6 is 0 Å². The first-order chi connectivity index (χ1) is 14.2. The zero-order valence-electron chi connectivity index (χ0n) is 15.6. The number of nitrogens with one attached hydrogen (secondary N) is 1. The van der Waals surface area contributed by atoms with E-state index in [0.717, 1.165) is 12.8 Å². The first-order valence-corrected chi connectivity index (χ1v) is 9.32. The number of ether oxygens (including phenoxy) is 3. The maximum atomic E-state index is 12.5. The molecular formula is C19H20FN3O6. The molecule has 9 nitrogen and oxygen atoms in total. The van der Waals surface area contributed by atoms with Crippen molar-refractivity contribution in [2.24, 2.45) is 0 Å². The van der Waals surface area contributed by atoms with E-state index in [4.69, 9.17) is 18.7 Å². The molecule has 3 heterocycles. The molecule has 154 valence electrons. The summed E-state index contributed by atoms with van der Waals surface area (Å²) in [5, 5.41) is 6.56. The van der Waals surface area contributed by atoms with Gasteiger partial charge in [0, 0.05) is 24.4 Å². The molecule has 0 bridgehead atoms. The molecule has 4 rings (SSSR count). The number of carbonyl (C=O) groups is 2. The molecule has 1 aromatic heterocycles. The molecule has 2 aliphatic heterocycles. The van der Waals surface area contributed by atoms with Gasteiger partial charge in [0.25, 0.3) is 5.91 Å². The Kier molecular flexibility index (Phi) is 5.50. The SMILES string of the molecule is O=C(Nc1ccc2c(c1)OCO2)c1cc(C2CCCCN2C(=O)OCCF)on1. The second-order valence-corrected chi connectivity index (χ2v) is 6.65. The number of piperidine rings is 1. The van der Waals surface area contributed by atoms with Crippen molar-refractivity contribution in [1.29, 1.82) is 0 Å². The highest BCUT2D eigenvalue weighted by molar-refractivity contribution is 6.03. The predicted octanol–water partition coefficient (Wildman–Crippen LogP) is 3.29. The van der Waals surface area contributed by atoms with Crippen LogP contribution in [-0.2, 0) is 4.74 Å². The number of anilines is 1. The van der Waals surface area contributed by atoms with Crippen molar-refractivity contribution in [2.45, 2.75) is 25.3 Å². The number of hydrogen-bond acceptors (Lipinski definition) is 7. The lowest BCUT2D eigenvalue weighted by Gasteiger charge is -2.33. The van der Waals surface area contributed by atoms with Crippen LogP contribution in [0.4, 0.5) is 14.9 Å². The zero-order chi connectivity index (χ0) is 20.2. The Bertz CT molecular complexity index is 902. The van der Waals surface area contributed by atoms with Crippen molar-refractivity contribution in [3.63, 3.8) is 0 Å². The van der Waals surface area contributed by atoms with Crippen molar-refractivity contribution in [2.75, 3.05) is 31.9 Å². The van der Waals surface area contributed by atoms with Crippen LogP contribution in [0.5, 0.6) is 11.5 Å². The molecule has 1 saturated heterocycles. The smallest absolute Gasteiger partial charge is 0.410 e. The van der Waals surface area contributed by atoms with E-state index >= 15 is 0 Å². The first-order valence-electron chi connectivity index (χ1n) is 9.32. The largest absolute Gasteiger partial charge is 0.454 e. The molecule has 1 fully saturated rings. The number of carbonyl (C=O) groups excluding carboxylic acids is 2. The van der Waals surface area contributed by atoms with Crippen molar-refractivity contribution in [1.82, 2.24) is 10.1 Å². The Morgan fingerprint density at radius 2 is 2.10 bits per heavy atom. The Hall–Kier alpha value is -3.30. The standard InChI is InChI=1S/C19H20FN3O6/c20-6-8-26-19(25)23-7-2-1-3-14(23)16-10-13(22-29-16)18(24)21-12-4-5-15-17(9-12)28-11-27-15/h4-5,9-10,14H,1-3,6-8,11H2,(H,21,24). The molecule has 1 atom stereocenters. The lowest BCUT2D eigenvalue weighted by atomic mass is 10.0. The van der Waals surface area contributed by atoms with Gasteiger partial charge in [0.2, 0.25) is 6.79 Å². The molecule has 2 aromatic rings. The van der Waals surface area contributed by atoms with E-state index in [1.165, 1.54) is 11.0 Å². The number of nitrogens with zero attached hydrogens (tertiary/aromatic N) is 2. The van der Waals surface area contributed by atoms with E-state index < -0.39 is 24.7 Å². The topological polar surface area (TPSA) is 103 Å². The van der Waals surface area contributed by atoms with Crippen LogP contribution in [0.15, 0.2) is 28.8 Å². The van der Waals surface area contributed by atoms with Crippen molar-refractivity contribution < 1.29 is 32.7 Å². The summed E-state index contributed by atoms with van der Waals surface area (Å²) in [6.07, 6.45) is 1.74. The predicted molar refractivity (Wildman–Crippen MR) is 97.6 cm³/mol. The minimum absolute atomic E-state index is 0.0836. The summed E-state index contributed by atoms with van der Waals surface area (Å²) in [5.74, 6) is 1.09. The summed E-state index contributed by atoms with van der Waals surface area (Å²) in [5.41, 5.74) is 0.609. The molecule has 1 unspecified atom stereocenters. The highest BCUT2D eigenvalue weighted by atomic mass is 19.1. The maximum absolute atomic E-state index is 12.5. The fourth-order valence-electron chi connectivity index (χ4n) is 3.38. The number of hydrogen-bond donors (Lipinski definition) is 1. The molecule has 10 heteroatoms. The quantitative estimate of drug-likeness (QED) is 0.814. The summed E-state index contributed by atoms with van der Waals surface area (Å²) in [6.45, 7) is -0.418. The molecular weight excluding hydrogens is 385 g/mol. The van der Waals surface area contributed by atoms with E-state index in [-0.39, 0.29) is 19.1 Å². The minimum Gasteiger partial charge on any atom is -0.454 e. The van der Waals surface area contributed by atoms with Crippen molar-refractivity contribution >= 4 is 17.7 Å². The number of alkyl halides is 1. The summed E-state index contributed by atoms with van der Waals surface area (Å²) < 4.78 is 33.1. The van der Waals surface area contributed by atoms with Crippen molar-refractivity contribution in [3.05, 3.63) is 35.7 Å². The maximum Gasteiger partial charge on any atom is 0.410 e. The molecule has 2 aliphatic rings. The zero-order valence-corrected chi connectivity index (χ0v) is 15.6. The molecule has 1 aromatic carbocycles. The first kappa shape index (κ1) is 19.0. The Balaban J connectivity index is 1.45. The van der Waals surface area contributed by atoms with Gasteiger partial charge < -0.3 is 24.1 Å². The van der Waals surface area contributed by atoms with E-state index in [2.05, 4.69) is 10.5 Å². The molecule has 0 saturated carbocycles. The molecule has 29 heavy (non-hydrogen) atoms. The normalized spacial score (nSPS) is 17.8. The summed E-state index contributed by atoms with van der Waals surface area (Å²) in [4.78, 5) is 26.2. The van der Waals surface area contributed by atoms with Gasteiger partial charge in [-0.15, -0.1) is 0 Å². The van der Waals surface area contributed by atoms with Gasteiger partial charge in [-0.2, -0.15) is 0 Å². The molecule has 0 spiro atoms. The fraction of sp³-hybridized carbons (Fsp3) is 0.421. The van der Waals surface area contributed by atoms with E-state index in [1.807, 2.05) is 0 Å². The summed E-state index contributed by atoms with van der Waals surface area (Å²) >= 11 is 0. The Labute approximate surface area is 165 Å². The number of halogens is 1. The monoisotopic (exact) mass is 405 g/mol. The number of benzene rings is 1. The average molecular weight is 405 g/mol. The van der Waals surface area contributed by atoms with Gasteiger partial charge in [0.05, 0.1) is 6.04 Å². The third kappa shape index (κ3) is 4.10. The number of rotatable bonds is 5. The molecule has 0 aliphatic carbocycles. The van der Waals surface area contributed by atoms with E-state index in [0.29, 0.717) is 35.9 Å². The number of likely N-dealkylation sites (tertiary alicyclic amines) is 1. The fourth-order valence-corrected chi connectivity index (χ4v) is 3.38. The third-order valence-corrected chi connectivity index (χ3v) is 4.76. The Morgan fingerprint density at radius 1 is 1.24 bits per heavy atom. The van der Waals surface area contributed by atoms with Crippen LogP contribution in [0.2, 0.25) is 0 Å². The van der Waals surface area contributed by atoms with Crippen LogP contribution in [0.1, 0.15) is 41.6 Å². The lowest BCUT2D eigenvalue weighted by Crippen LogP contribution is -2.39. The average Bonchev–Trinajstić information content (AvgIpc) is 3.41. The van der Waals surface area contributed by atoms with Crippen LogP contribution in [-0.4, -0.2) is 48.7 Å². The van der Waals surface area contributed by atoms with Crippen LogP contribution in [0, 0.1) is 0 Å². The van der Waals surface area contributed by atoms with Gasteiger partial charge in [-0.25, -0.2) is 9.18 Å². The highest BCUT2D eigenvalue weighted by Crippen LogP contribution is 2.35. The van der Waals surface area contributed by atoms with Gasteiger partial charge in [-0.1, -0.05) is 5.16 Å². The number of aromatic nitrogens is 1.